The number of nitrogens with one attached hydrogen (secondary N) is 1. The van der Waals surface area contributed by atoms with E-state index in [1.165, 1.54) is 5.69 Å². The third kappa shape index (κ3) is 2.89. The number of carbonyl (C=O) groups is 1. The SMILES string of the molecule is O=C(c1ccn[nH]1)N1CCO[C@]2(CCCN(c3ccccc3)C2)C1. The molecule has 0 saturated carbocycles. The maximum absolute atomic E-state index is 12.6. The molecule has 0 unspecified atom stereocenters. The highest BCUT2D eigenvalue weighted by Crippen LogP contribution is 2.32. The van der Waals surface area contributed by atoms with Gasteiger partial charge in [0.05, 0.1) is 13.2 Å². The second-order valence-corrected chi connectivity index (χ2v) is 6.59. The quantitative estimate of drug-likeness (QED) is 0.916. The van der Waals surface area contributed by atoms with Crippen molar-refractivity contribution in [1.29, 1.82) is 0 Å². The number of hydrogen-bond donors (Lipinski definition) is 1. The van der Waals surface area contributed by atoms with Gasteiger partial charge in [0.1, 0.15) is 11.3 Å². The summed E-state index contributed by atoms with van der Waals surface area (Å²) >= 11 is 0. The lowest BCUT2D eigenvalue weighted by Crippen LogP contribution is -2.60. The summed E-state index contributed by atoms with van der Waals surface area (Å²) in [6.07, 6.45) is 3.67. The zero-order chi connectivity index (χ0) is 16.4. The molecule has 0 bridgehead atoms. The number of anilines is 1. The van der Waals surface area contributed by atoms with Gasteiger partial charge in [0.2, 0.25) is 0 Å². The number of rotatable bonds is 2. The molecule has 2 saturated heterocycles. The Morgan fingerprint density at radius 2 is 2.04 bits per heavy atom. The van der Waals surface area contributed by atoms with E-state index in [4.69, 9.17) is 4.74 Å². The first kappa shape index (κ1) is 15.2. The van der Waals surface area contributed by atoms with Crippen LogP contribution in [0.25, 0.3) is 0 Å². The summed E-state index contributed by atoms with van der Waals surface area (Å²) in [6.45, 7) is 3.70. The molecule has 3 heterocycles. The van der Waals surface area contributed by atoms with Crippen LogP contribution in [-0.4, -0.2) is 59.4 Å². The highest BCUT2D eigenvalue weighted by Gasteiger charge is 2.42. The number of morpholine rings is 1. The summed E-state index contributed by atoms with van der Waals surface area (Å²) in [7, 11) is 0. The second-order valence-electron chi connectivity index (χ2n) is 6.59. The number of piperidine rings is 1. The van der Waals surface area contributed by atoms with E-state index in [2.05, 4.69) is 39.4 Å². The van der Waals surface area contributed by atoms with Crippen molar-refractivity contribution in [3.8, 4) is 0 Å². The first-order valence-electron chi connectivity index (χ1n) is 8.48. The molecule has 1 aromatic carbocycles. The van der Waals surface area contributed by atoms with E-state index in [0.29, 0.717) is 25.4 Å². The molecule has 0 radical (unpaired) electrons. The molecule has 6 nitrogen and oxygen atoms in total. The molecule has 1 N–H and O–H groups in total. The number of para-hydroxylation sites is 1. The van der Waals surface area contributed by atoms with Crippen LogP contribution >= 0.6 is 0 Å². The summed E-state index contributed by atoms with van der Waals surface area (Å²) in [6, 6.07) is 12.1. The van der Waals surface area contributed by atoms with Crippen molar-refractivity contribution in [2.75, 3.05) is 37.7 Å². The van der Waals surface area contributed by atoms with Crippen molar-refractivity contribution < 1.29 is 9.53 Å². The fourth-order valence-corrected chi connectivity index (χ4v) is 3.77. The van der Waals surface area contributed by atoms with Gasteiger partial charge in [-0.15, -0.1) is 0 Å². The number of amides is 1. The predicted octanol–water partition coefficient (Wildman–Crippen LogP) is 1.92. The average molecular weight is 326 g/mol. The van der Waals surface area contributed by atoms with Gasteiger partial charge in [0, 0.05) is 31.5 Å². The van der Waals surface area contributed by atoms with Crippen LogP contribution in [-0.2, 0) is 4.74 Å². The Morgan fingerprint density at radius 3 is 2.83 bits per heavy atom. The van der Waals surface area contributed by atoms with Crippen molar-refractivity contribution in [3.63, 3.8) is 0 Å². The summed E-state index contributed by atoms with van der Waals surface area (Å²) in [4.78, 5) is 16.9. The number of hydrogen-bond acceptors (Lipinski definition) is 4. The van der Waals surface area contributed by atoms with Gasteiger partial charge >= 0.3 is 0 Å². The summed E-state index contributed by atoms with van der Waals surface area (Å²) < 4.78 is 6.19. The van der Waals surface area contributed by atoms with Crippen LogP contribution in [0.1, 0.15) is 23.3 Å². The largest absolute Gasteiger partial charge is 0.369 e. The third-order valence-corrected chi connectivity index (χ3v) is 4.93. The van der Waals surface area contributed by atoms with Crippen LogP contribution in [0, 0.1) is 0 Å². The van der Waals surface area contributed by atoms with Crippen LogP contribution in [0.3, 0.4) is 0 Å². The third-order valence-electron chi connectivity index (χ3n) is 4.93. The zero-order valence-electron chi connectivity index (χ0n) is 13.6. The molecule has 1 aromatic heterocycles. The van der Waals surface area contributed by atoms with E-state index in [1.807, 2.05) is 11.0 Å². The van der Waals surface area contributed by atoms with E-state index in [-0.39, 0.29) is 11.5 Å². The van der Waals surface area contributed by atoms with Gasteiger partial charge in [-0.2, -0.15) is 5.10 Å². The van der Waals surface area contributed by atoms with E-state index < -0.39 is 0 Å². The number of carbonyl (C=O) groups excluding carboxylic acids is 1. The normalized spacial score (nSPS) is 24.3. The van der Waals surface area contributed by atoms with E-state index in [1.54, 1.807) is 12.3 Å². The summed E-state index contributed by atoms with van der Waals surface area (Å²) in [5.74, 6) is 0.00649. The molecule has 2 aliphatic rings. The van der Waals surface area contributed by atoms with E-state index in [9.17, 15) is 4.79 Å². The zero-order valence-corrected chi connectivity index (χ0v) is 13.6. The molecule has 1 amide bonds. The first-order valence-corrected chi connectivity index (χ1v) is 8.48. The lowest BCUT2D eigenvalue weighted by molar-refractivity contribution is -0.105. The minimum atomic E-state index is -0.276. The lowest BCUT2D eigenvalue weighted by Gasteiger charge is -2.48. The monoisotopic (exact) mass is 326 g/mol. The topological polar surface area (TPSA) is 61.5 Å². The molecule has 24 heavy (non-hydrogen) atoms. The Bertz CT molecular complexity index is 684. The highest BCUT2D eigenvalue weighted by molar-refractivity contribution is 5.92. The predicted molar refractivity (Wildman–Crippen MR) is 91.1 cm³/mol. The van der Waals surface area contributed by atoms with Gasteiger partial charge in [-0.05, 0) is 31.0 Å². The van der Waals surface area contributed by atoms with Gasteiger partial charge < -0.3 is 14.5 Å². The number of H-pyrrole nitrogens is 1. The Hall–Kier alpha value is -2.34. The maximum atomic E-state index is 12.6. The first-order chi connectivity index (χ1) is 11.8. The average Bonchev–Trinajstić information content (AvgIpc) is 3.17. The van der Waals surface area contributed by atoms with Crippen LogP contribution in [0.4, 0.5) is 5.69 Å². The van der Waals surface area contributed by atoms with Crippen molar-refractivity contribution in [3.05, 3.63) is 48.3 Å². The standard InChI is InChI=1S/C18H22N4O2/c23-17(16-7-9-19-20-16)22-11-12-24-18(14-22)8-4-10-21(13-18)15-5-2-1-3-6-15/h1-3,5-7,9H,4,8,10-14H2,(H,19,20)/t18-/m0/s1. The van der Waals surface area contributed by atoms with Crippen molar-refractivity contribution in [1.82, 2.24) is 15.1 Å². The Kier molecular flexibility index (Phi) is 3.98. The molecular weight excluding hydrogens is 304 g/mol. The summed E-state index contributed by atoms with van der Waals surface area (Å²) in [5, 5.41) is 6.65. The number of nitrogens with zero attached hydrogens (tertiary/aromatic N) is 3. The molecule has 6 heteroatoms. The van der Waals surface area contributed by atoms with Crippen molar-refractivity contribution in [2.24, 2.45) is 0 Å². The minimum absolute atomic E-state index is 0.00649. The Labute approximate surface area is 141 Å². The molecule has 1 atom stereocenters. The molecule has 126 valence electrons. The molecule has 2 fully saturated rings. The number of ether oxygens (including phenoxy) is 1. The molecule has 0 aliphatic carbocycles. The summed E-state index contributed by atoms with van der Waals surface area (Å²) in [5.41, 5.74) is 1.49. The Morgan fingerprint density at radius 1 is 1.17 bits per heavy atom. The van der Waals surface area contributed by atoms with Crippen LogP contribution in [0.5, 0.6) is 0 Å². The van der Waals surface area contributed by atoms with Crippen molar-refractivity contribution in [2.45, 2.75) is 18.4 Å². The smallest absolute Gasteiger partial charge is 0.272 e. The molecule has 4 rings (SSSR count). The number of aromatic amines is 1. The van der Waals surface area contributed by atoms with Crippen LogP contribution in [0.15, 0.2) is 42.6 Å². The molecule has 1 spiro atoms. The van der Waals surface area contributed by atoms with Gasteiger partial charge in [-0.1, -0.05) is 18.2 Å². The Balaban J connectivity index is 1.50. The van der Waals surface area contributed by atoms with Gasteiger partial charge in [-0.3, -0.25) is 9.89 Å². The van der Waals surface area contributed by atoms with Crippen molar-refractivity contribution >= 4 is 11.6 Å². The number of aromatic nitrogens is 2. The van der Waals surface area contributed by atoms with Gasteiger partial charge in [0.15, 0.2) is 0 Å². The lowest BCUT2D eigenvalue weighted by atomic mass is 9.90. The highest BCUT2D eigenvalue weighted by atomic mass is 16.5. The molecule has 2 aromatic rings. The molecule has 2 aliphatic heterocycles. The fourth-order valence-electron chi connectivity index (χ4n) is 3.77. The van der Waals surface area contributed by atoms with Gasteiger partial charge in [0.25, 0.3) is 5.91 Å². The van der Waals surface area contributed by atoms with Gasteiger partial charge in [-0.25, -0.2) is 0 Å². The second kappa shape index (κ2) is 6.28. The van der Waals surface area contributed by atoms with E-state index >= 15 is 0 Å². The molecular formula is C18H22N4O2. The fraction of sp³-hybridized carbons (Fsp3) is 0.444. The van der Waals surface area contributed by atoms with Crippen LogP contribution < -0.4 is 4.90 Å². The van der Waals surface area contributed by atoms with E-state index in [0.717, 1.165) is 25.9 Å². The number of benzene rings is 1. The maximum Gasteiger partial charge on any atom is 0.272 e. The minimum Gasteiger partial charge on any atom is -0.369 e. The van der Waals surface area contributed by atoms with Crippen LogP contribution in [0.2, 0.25) is 0 Å².